The standard InChI is InChI=1S/C13H17N3O/c1-3-4-5-6-9-14-13(17)16-12-8-7-11(2)10-15-12/h1,7-8,10H,4-6,9H2,2H3,(H2,14,15,16,17). The van der Waals surface area contributed by atoms with Crippen LogP contribution in [0.5, 0.6) is 0 Å². The summed E-state index contributed by atoms with van der Waals surface area (Å²) >= 11 is 0. The molecule has 0 spiro atoms. The van der Waals surface area contributed by atoms with Crippen LogP contribution in [0.25, 0.3) is 0 Å². The molecule has 0 bridgehead atoms. The van der Waals surface area contributed by atoms with E-state index in [4.69, 9.17) is 6.42 Å². The molecule has 4 nitrogen and oxygen atoms in total. The first-order valence-corrected chi connectivity index (χ1v) is 5.63. The molecule has 4 heteroatoms. The number of aromatic nitrogens is 1. The zero-order chi connectivity index (χ0) is 12.5. The summed E-state index contributed by atoms with van der Waals surface area (Å²) in [6, 6.07) is 3.44. The molecule has 1 heterocycles. The first kappa shape index (κ1) is 13.0. The van der Waals surface area contributed by atoms with E-state index in [-0.39, 0.29) is 6.03 Å². The maximum Gasteiger partial charge on any atom is 0.320 e. The zero-order valence-electron chi connectivity index (χ0n) is 9.99. The van der Waals surface area contributed by atoms with Gasteiger partial charge in [0.2, 0.25) is 0 Å². The van der Waals surface area contributed by atoms with Gasteiger partial charge in [-0.3, -0.25) is 5.32 Å². The van der Waals surface area contributed by atoms with E-state index in [1.165, 1.54) is 0 Å². The van der Waals surface area contributed by atoms with Crippen molar-refractivity contribution in [1.29, 1.82) is 0 Å². The molecule has 0 aliphatic carbocycles. The van der Waals surface area contributed by atoms with Gasteiger partial charge in [0.1, 0.15) is 5.82 Å². The zero-order valence-corrected chi connectivity index (χ0v) is 9.99. The van der Waals surface area contributed by atoms with E-state index in [1.807, 2.05) is 13.0 Å². The minimum Gasteiger partial charge on any atom is -0.338 e. The van der Waals surface area contributed by atoms with Crippen molar-refractivity contribution < 1.29 is 4.79 Å². The Morgan fingerprint density at radius 2 is 2.29 bits per heavy atom. The molecule has 0 unspecified atom stereocenters. The first-order valence-electron chi connectivity index (χ1n) is 5.63. The normalized spacial score (nSPS) is 9.41. The Kier molecular flexibility index (Phi) is 5.59. The van der Waals surface area contributed by atoms with Crippen molar-refractivity contribution in [2.75, 3.05) is 11.9 Å². The predicted octanol–water partition coefficient (Wildman–Crippen LogP) is 2.32. The van der Waals surface area contributed by atoms with Gasteiger partial charge in [0, 0.05) is 19.2 Å². The molecular formula is C13H17N3O. The number of anilines is 1. The van der Waals surface area contributed by atoms with Gasteiger partial charge in [-0.05, 0) is 31.4 Å². The number of rotatable bonds is 5. The molecule has 2 N–H and O–H groups in total. The number of unbranched alkanes of at least 4 members (excludes halogenated alkanes) is 2. The molecule has 1 aromatic heterocycles. The second kappa shape index (κ2) is 7.29. The van der Waals surface area contributed by atoms with Gasteiger partial charge in [0.05, 0.1) is 0 Å². The Bertz CT molecular complexity index is 392. The number of hydrogen-bond donors (Lipinski definition) is 2. The molecule has 0 aromatic carbocycles. The second-order valence-electron chi connectivity index (χ2n) is 3.76. The van der Waals surface area contributed by atoms with Crippen molar-refractivity contribution in [3.8, 4) is 12.3 Å². The maximum absolute atomic E-state index is 11.4. The van der Waals surface area contributed by atoms with Gasteiger partial charge < -0.3 is 5.32 Å². The Morgan fingerprint density at radius 1 is 1.47 bits per heavy atom. The molecule has 1 aromatic rings. The number of carbonyl (C=O) groups is 1. The average molecular weight is 231 g/mol. The summed E-state index contributed by atoms with van der Waals surface area (Å²) in [7, 11) is 0. The van der Waals surface area contributed by atoms with Crippen LogP contribution in [-0.4, -0.2) is 17.6 Å². The molecule has 0 fully saturated rings. The SMILES string of the molecule is C#CCCCCNC(=O)Nc1ccc(C)cn1. The highest BCUT2D eigenvalue weighted by molar-refractivity contribution is 5.88. The number of amides is 2. The Morgan fingerprint density at radius 3 is 2.94 bits per heavy atom. The third-order valence-corrected chi connectivity index (χ3v) is 2.19. The average Bonchev–Trinajstić information content (AvgIpc) is 2.32. The van der Waals surface area contributed by atoms with Crippen LogP contribution in [0.2, 0.25) is 0 Å². The predicted molar refractivity (Wildman–Crippen MR) is 68.7 cm³/mol. The Balaban J connectivity index is 2.21. The van der Waals surface area contributed by atoms with Gasteiger partial charge in [-0.1, -0.05) is 6.07 Å². The number of nitrogens with zero attached hydrogens (tertiary/aromatic N) is 1. The molecule has 2 amide bonds. The third kappa shape index (κ3) is 5.57. The fourth-order valence-electron chi connectivity index (χ4n) is 1.26. The van der Waals surface area contributed by atoms with Crippen molar-refractivity contribution >= 4 is 11.8 Å². The van der Waals surface area contributed by atoms with E-state index in [0.717, 1.165) is 24.8 Å². The van der Waals surface area contributed by atoms with Crippen LogP contribution in [0, 0.1) is 19.3 Å². The second-order valence-corrected chi connectivity index (χ2v) is 3.76. The number of carbonyl (C=O) groups excluding carboxylic acids is 1. The molecule has 17 heavy (non-hydrogen) atoms. The lowest BCUT2D eigenvalue weighted by Crippen LogP contribution is -2.29. The van der Waals surface area contributed by atoms with Crippen molar-refractivity contribution in [3.05, 3.63) is 23.9 Å². The van der Waals surface area contributed by atoms with Crippen molar-refractivity contribution in [2.24, 2.45) is 0 Å². The van der Waals surface area contributed by atoms with Gasteiger partial charge in [-0.25, -0.2) is 9.78 Å². The molecule has 0 saturated carbocycles. The summed E-state index contributed by atoms with van der Waals surface area (Å²) in [6.45, 7) is 2.57. The number of nitrogens with one attached hydrogen (secondary N) is 2. The van der Waals surface area contributed by atoms with Crippen molar-refractivity contribution in [1.82, 2.24) is 10.3 Å². The molecule has 0 aliphatic rings. The highest BCUT2D eigenvalue weighted by atomic mass is 16.2. The van der Waals surface area contributed by atoms with Crippen LogP contribution >= 0.6 is 0 Å². The Labute approximate surface area is 102 Å². The van der Waals surface area contributed by atoms with E-state index in [9.17, 15) is 4.79 Å². The summed E-state index contributed by atoms with van der Waals surface area (Å²) in [5, 5.41) is 5.40. The highest BCUT2D eigenvalue weighted by Gasteiger charge is 2.00. The van der Waals surface area contributed by atoms with Gasteiger partial charge in [-0.2, -0.15) is 0 Å². The number of terminal acetylenes is 1. The molecule has 0 radical (unpaired) electrons. The van der Waals surface area contributed by atoms with Crippen molar-refractivity contribution in [2.45, 2.75) is 26.2 Å². The lowest BCUT2D eigenvalue weighted by Gasteiger charge is -2.06. The van der Waals surface area contributed by atoms with Gasteiger partial charge >= 0.3 is 6.03 Å². The molecular weight excluding hydrogens is 214 g/mol. The molecule has 1 rings (SSSR count). The molecule has 90 valence electrons. The lowest BCUT2D eigenvalue weighted by molar-refractivity contribution is 0.252. The minimum absolute atomic E-state index is 0.234. The molecule has 0 saturated heterocycles. The summed E-state index contributed by atoms with van der Waals surface area (Å²) in [5.41, 5.74) is 1.06. The van der Waals surface area contributed by atoms with E-state index < -0.39 is 0 Å². The van der Waals surface area contributed by atoms with E-state index >= 15 is 0 Å². The van der Waals surface area contributed by atoms with E-state index in [1.54, 1.807) is 12.3 Å². The van der Waals surface area contributed by atoms with E-state index in [0.29, 0.717) is 12.4 Å². The quantitative estimate of drug-likeness (QED) is 0.603. The van der Waals surface area contributed by atoms with Crippen LogP contribution in [0.1, 0.15) is 24.8 Å². The monoisotopic (exact) mass is 231 g/mol. The number of urea groups is 1. The lowest BCUT2D eigenvalue weighted by atomic mass is 10.2. The van der Waals surface area contributed by atoms with E-state index in [2.05, 4.69) is 21.5 Å². The minimum atomic E-state index is -0.234. The molecule has 0 atom stereocenters. The Hall–Kier alpha value is -2.02. The molecule has 0 aliphatic heterocycles. The van der Waals surface area contributed by atoms with Gasteiger partial charge in [0.25, 0.3) is 0 Å². The van der Waals surface area contributed by atoms with Crippen LogP contribution in [0.15, 0.2) is 18.3 Å². The van der Waals surface area contributed by atoms with Crippen LogP contribution in [-0.2, 0) is 0 Å². The number of pyridine rings is 1. The summed E-state index contributed by atoms with van der Waals surface area (Å²) in [6.07, 6.45) is 9.41. The topological polar surface area (TPSA) is 54.0 Å². The fraction of sp³-hybridized carbons (Fsp3) is 0.385. The first-order chi connectivity index (χ1) is 8.22. The smallest absolute Gasteiger partial charge is 0.320 e. The fourth-order valence-corrected chi connectivity index (χ4v) is 1.26. The van der Waals surface area contributed by atoms with Gasteiger partial charge in [-0.15, -0.1) is 12.3 Å². The summed E-state index contributed by atoms with van der Waals surface area (Å²) in [4.78, 5) is 15.5. The van der Waals surface area contributed by atoms with Crippen molar-refractivity contribution in [3.63, 3.8) is 0 Å². The van der Waals surface area contributed by atoms with Gasteiger partial charge in [0.15, 0.2) is 0 Å². The highest BCUT2D eigenvalue weighted by Crippen LogP contribution is 2.03. The van der Waals surface area contributed by atoms with Crippen LogP contribution < -0.4 is 10.6 Å². The van der Waals surface area contributed by atoms with Crippen LogP contribution in [0.3, 0.4) is 0 Å². The number of hydrogen-bond acceptors (Lipinski definition) is 2. The number of aryl methyl sites for hydroxylation is 1. The summed E-state index contributed by atoms with van der Waals surface area (Å²) in [5.74, 6) is 3.12. The largest absolute Gasteiger partial charge is 0.338 e. The maximum atomic E-state index is 11.4. The summed E-state index contributed by atoms with van der Waals surface area (Å²) < 4.78 is 0. The van der Waals surface area contributed by atoms with Crippen LogP contribution in [0.4, 0.5) is 10.6 Å². The third-order valence-electron chi connectivity index (χ3n) is 2.19.